The summed E-state index contributed by atoms with van der Waals surface area (Å²) >= 11 is 0. The molecule has 1 unspecified atom stereocenters. The van der Waals surface area contributed by atoms with Gasteiger partial charge in [-0.05, 0) is 24.8 Å². The fraction of sp³-hybridized carbons (Fsp3) is 0.588. The van der Waals surface area contributed by atoms with E-state index in [2.05, 4.69) is 6.92 Å². The van der Waals surface area contributed by atoms with Crippen molar-refractivity contribution in [3.8, 4) is 5.75 Å². The van der Waals surface area contributed by atoms with Gasteiger partial charge in [0, 0.05) is 31.6 Å². The molecule has 1 aromatic carbocycles. The molecule has 1 aliphatic rings. The minimum atomic E-state index is 0.302. The van der Waals surface area contributed by atoms with E-state index in [1.807, 2.05) is 29.2 Å². The first-order valence-electron chi connectivity index (χ1n) is 7.93. The molecule has 1 amide bonds. The molecule has 2 N–H and O–H groups in total. The Morgan fingerprint density at radius 2 is 2.19 bits per heavy atom. The summed E-state index contributed by atoms with van der Waals surface area (Å²) in [6, 6.07) is 7.84. The van der Waals surface area contributed by atoms with Gasteiger partial charge in [-0.25, -0.2) is 0 Å². The Hall–Kier alpha value is -1.55. The van der Waals surface area contributed by atoms with Crippen LogP contribution in [0.4, 0.5) is 0 Å². The molecule has 4 heteroatoms. The summed E-state index contributed by atoms with van der Waals surface area (Å²) in [6.07, 6.45) is 3.90. The summed E-state index contributed by atoms with van der Waals surface area (Å²) in [7, 11) is 0. The van der Waals surface area contributed by atoms with E-state index in [0.717, 1.165) is 50.1 Å². The maximum Gasteiger partial charge on any atom is 0.222 e. The van der Waals surface area contributed by atoms with Crippen molar-refractivity contribution in [3.05, 3.63) is 29.8 Å². The minimum absolute atomic E-state index is 0.302. The Morgan fingerprint density at radius 1 is 1.38 bits per heavy atom. The number of para-hydroxylation sites is 1. The third-order valence-corrected chi connectivity index (χ3v) is 4.01. The quantitative estimate of drug-likeness (QED) is 0.749. The number of carbonyl (C=O) groups excluding carboxylic acids is 1. The van der Waals surface area contributed by atoms with Crippen molar-refractivity contribution in [2.24, 2.45) is 11.7 Å². The van der Waals surface area contributed by atoms with Crippen LogP contribution >= 0.6 is 0 Å². The van der Waals surface area contributed by atoms with Crippen LogP contribution in [-0.2, 0) is 11.3 Å². The summed E-state index contributed by atoms with van der Waals surface area (Å²) in [5.74, 6) is 1.72. The second-order valence-electron chi connectivity index (χ2n) is 5.71. The Bertz CT molecular complexity index is 462. The second-order valence-corrected chi connectivity index (χ2v) is 5.71. The Balaban J connectivity index is 1.71. The fourth-order valence-corrected chi connectivity index (χ4v) is 2.92. The molecule has 1 saturated heterocycles. The Kier molecular flexibility index (Phi) is 6.05. The zero-order valence-corrected chi connectivity index (χ0v) is 12.9. The Morgan fingerprint density at radius 3 is 2.95 bits per heavy atom. The van der Waals surface area contributed by atoms with Crippen LogP contribution in [0.3, 0.4) is 0 Å². The van der Waals surface area contributed by atoms with E-state index in [0.29, 0.717) is 25.0 Å². The number of nitrogens with two attached hydrogens (primary N) is 1. The van der Waals surface area contributed by atoms with E-state index in [1.165, 1.54) is 0 Å². The molecule has 0 bridgehead atoms. The van der Waals surface area contributed by atoms with Gasteiger partial charge in [0.05, 0.1) is 6.61 Å². The molecule has 0 spiro atoms. The third-order valence-electron chi connectivity index (χ3n) is 4.01. The van der Waals surface area contributed by atoms with Crippen LogP contribution in [-0.4, -0.2) is 30.5 Å². The van der Waals surface area contributed by atoms with Crippen LogP contribution in [0.25, 0.3) is 0 Å². The van der Waals surface area contributed by atoms with Crippen molar-refractivity contribution in [3.63, 3.8) is 0 Å². The number of nitrogens with zero attached hydrogens (tertiary/aromatic N) is 1. The minimum Gasteiger partial charge on any atom is -0.493 e. The normalized spacial score (nSPS) is 18.3. The second kappa shape index (κ2) is 8.03. The molecular weight excluding hydrogens is 264 g/mol. The summed E-state index contributed by atoms with van der Waals surface area (Å²) in [5, 5.41) is 0. The number of hydrogen-bond acceptors (Lipinski definition) is 3. The molecule has 1 aliphatic heterocycles. The molecule has 0 aromatic heterocycles. The number of likely N-dealkylation sites (tertiary alicyclic amines) is 1. The first kappa shape index (κ1) is 15.8. The van der Waals surface area contributed by atoms with Crippen molar-refractivity contribution in [1.82, 2.24) is 4.90 Å². The first-order valence-corrected chi connectivity index (χ1v) is 7.93. The Labute approximate surface area is 127 Å². The number of benzene rings is 1. The van der Waals surface area contributed by atoms with E-state index < -0.39 is 0 Å². The van der Waals surface area contributed by atoms with Gasteiger partial charge in [0.2, 0.25) is 5.91 Å². The van der Waals surface area contributed by atoms with Crippen LogP contribution in [0.5, 0.6) is 5.75 Å². The third kappa shape index (κ3) is 4.46. The van der Waals surface area contributed by atoms with Gasteiger partial charge in [-0.2, -0.15) is 0 Å². The SMILES string of the molecule is CCCC1CC(=O)N(CCCOc2ccccc2CN)C1. The monoisotopic (exact) mass is 290 g/mol. The molecule has 2 rings (SSSR count). The number of rotatable bonds is 8. The van der Waals surface area contributed by atoms with Gasteiger partial charge >= 0.3 is 0 Å². The van der Waals surface area contributed by atoms with E-state index >= 15 is 0 Å². The highest BCUT2D eigenvalue weighted by Gasteiger charge is 2.28. The first-order chi connectivity index (χ1) is 10.2. The van der Waals surface area contributed by atoms with Crippen molar-refractivity contribution in [1.29, 1.82) is 0 Å². The van der Waals surface area contributed by atoms with Gasteiger partial charge < -0.3 is 15.4 Å². The van der Waals surface area contributed by atoms with E-state index in [1.54, 1.807) is 0 Å². The molecule has 1 fully saturated rings. The molecule has 0 radical (unpaired) electrons. The lowest BCUT2D eigenvalue weighted by Crippen LogP contribution is -2.27. The van der Waals surface area contributed by atoms with Crippen LogP contribution < -0.4 is 10.5 Å². The summed E-state index contributed by atoms with van der Waals surface area (Å²) in [4.78, 5) is 13.9. The summed E-state index contributed by atoms with van der Waals surface area (Å²) in [5.41, 5.74) is 6.71. The average molecular weight is 290 g/mol. The largest absolute Gasteiger partial charge is 0.493 e. The lowest BCUT2D eigenvalue weighted by molar-refractivity contribution is -0.127. The molecular formula is C17H26N2O2. The molecule has 21 heavy (non-hydrogen) atoms. The fourth-order valence-electron chi connectivity index (χ4n) is 2.92. The molecule has 116 valence electrons. The lowest BCUT2D eigenvalue weighted by atomic mass is 10.0. The smallest absolute Gasteiger partial charge is 0.222 e. The summed E-state index contributed by atoms with van der Waals surface area (Å²) in [6.45, 7) is 5.00. The molecule has 4 nitrogen and oxygen atoms in total. The number of ether oxygens (including phenoxy) is 1. The lowest BCUT2D eigenvalue weighted by Gasteiger charge is -2.17. The average Bonchev–Trinajstić information content (AvgIpc) is 2.84. The van der Waals surface area contributed by atoms with Gasteiger partial charge in [0.15, 0.2) is 0 Å². The topological polar surface area (TPSA) is 55.6 Å². The summed E-state index contributed by atoms with van der Waals surface area (Å²) < 4.78 is 5.78. The molecule has 1 heterocycles. The van der Waals surface area contributed by atoms with Crippen LogP contribution in [0.2, 0.25) is 0 Å². The van der Waals surface area contributed by atoms with Crippen LogP contribution in [0.15, 0.2) is 24.3 Å². The highest BCUT2D eigenvalue weighted by Crippen LogP contribution is 2.22. The van der Waals surface area contributed by atoms with Crippen molar-refractivity contribution >= 4 is 5.91 Å². The van der Waals surface area contributed by atoms with Crippen LogP contribution in [0, 0.1) is 5.92 Å². The van der Waals surface area contributed by atoms with Gasteiger partial charge in [0.1, 0.15) is 5.75 Å². The predicted molar refractivity (Wildman–Crippen MR) is 84.0 cm³/mol. The van der Waals surface area contributed by atoms with Gasteiger partial charge in [-0.3, -0.25) is 4.79 Å². The number of amides is 1. The zero-order chi connectivity index (χ0) is 15.1. The van der Waals surface area contributed by atoms with Crippen molar-refractivity contribution in [2.45, 2.75) is 39.2 Å². The van der Waals surface area contributed by atoms with Crippen molar-refractivity contribution < 1.29 is 9.53 Å². The van der Waals surface area contributed by atoms with E-state index in [4.69, 9.17) is 10.5 Å². The molecule has 1 aromatic rings. The standard InChI is InChI=1S/C17H26N2O2/c1-2-6-14-11-17(20)19(13-14)9-5-10-21-16-8-4-3-7-15(16)12-18/h3-4,7-8,14H,2,5-6,9-13,18H2,1H3. The highest BCUT2D eigenvalue weighted by molar-refractivity contribution is 5.78. The van der Waals surface area contributed by atoms with Gasteiger partial charge in [0.25, 0.3) is 0 Å². The number of hydrogen-bond donors (Lipinski definition) is 1. The zero-order valence-electron chi connectivity index (χ0n) is 12.9. The molecule has 0 saturated carbocycles. The van der Waals surface area contributed by atoms with Gasteiger partial charge in [-0.15, -0.1) is 0 Å². The molecule has 1 atom stereocenters. The predicted octanol–water partition coefficient (Wildman–Crippen LogP) is 2.56. The number of carbonyl (C=O) groups is 1. The van der Waals surface area contributed by atoms with Crippen molar-refractivity contribution in [2.75, 3.05) is 19.7 Å². The maximum atomic E-state index is 11.9. The highest BCUT2D eigenvalue weighted by atomic mass is 16.5. The molecule has 0 aliphatic carbocycles. The van der Waals surface area contributed by atoms with Gasteiger partial charge in [-0.1, -0.05) is 31.5 Å². The van der Waals surface area contributed by atoms with E-state index in [-0.39, 0.29) is 0 Å². The van der Waals surface area contributed by atoms with Crippen LogP contribution in [0.1, 0.15) is 38.2 Å². The maximum absolute atomic E-state index is 11.9. The van der Waals surface area contributed by atoms with E-state index in [9.17, 15) is 4.79 Å².